The number of nitrogens with zero attached hydrogens (tertiary/aromatic N) is 2. The predicted octanol–water partition coefficient (Wildman–Crippen LogP) is 4.65. The Hall–Kier alpha value is -2.22. The number of hydrogen-bond acceptors (Lipinski definition) is 2. The normalized spacial score (nSPS) is 11.7. The van der Waals surface area contributed by atoms with Crippen LogP contribution in [0.2, 0.25) is 0 Å². The van der Waals surface area contributed by atoms with Gasteiger partial charge < -0.3 is 9.97 Å². The summed E-state index contributed by atoms with van der Waals surface area (Å²) in [4.78, 5) is 16.0. The molecule has 0 amide bonds. The van der Waals surface area contributed by atoms with E-state index in [2.05, 4.69) is 44.2 Å². The van der Waals surface area contributed by atoms with Gasteiger partial charge in [0, 0.05) is 59.6 Å². The first-order valence-corrected chi connectivity index (χ1v) is 7.85. The fourth-order valence-electron chi connectivity index (χ4n) is 2.94. The van der Waals surface area contributed by atoms with Gasteiger partial charge in [0.25, 0.3) is 0 Å². The van der Waals surface area contributed by atoms with Crippen molar-refractivity contribution in [3.63, 3.8) is 0 Å². The van der Waals surface area contributed by atoms with Gasteiger partial charge in [-0.05, 0) is 72.8 Å². The first kappa shape index (κ1) is 18.6. The van der Waals surface area contributed by atoms with Gasteiger partial charge in [0.05, 0.1) is 22.8 Å². The van der Waals surface area contributed by atoms with Crippen LogP contribution in [0.15, 0.2) is 48.5 Å². The summed E-state index contributed by atoms with van der Waals surface area (Å²) < 4.78 is 0. The Balaban J connectivity index is 0.000000980. The second-order valence-corrected chi connectivity index (χ2v) is 5.91. The molecule has 3 aromatic heterocycles. The molecule has 2 N–H and O–H groups in total. The molecule has 0 saturated heterocycles. The second kappa shape index (κ2) is 7.57. The third-order valence-electron chi connectivity index (χ3n) is 4.04. The van der Waals surface area contributed by atoms with Gasteiger partial charge in [-0.25, -0.2) is 9.97 Å². The van der Waals surface area contributed by atoms with Crippen molar-refractivity contribution < 1.29 is 37.5 Å². The zero-order valence-electron chi connectivity index (χ0n) is 13.5. The third kappa shape index (κ3) is 3.80. The van der Waals surface area contributed by atoms with Gasteiger partial charge in [0.2, 0.25) is 0 Å². The molecule has 2 aliphatic rings. The summed E-state index contributed by atoms with van der Waals surface area (Å²) in [5.41, 5.74) is 7.86. The molecule has 0 aliphatic carbocycles. The average molecular weight is 473 g/mol. The number of rotatable bonds is 0. The van der Waals surface area contributed by atoms with Crippen molar-refractivity contribution in [3.8, 4) is 0 Å². The number of aromatic amines is 2. The molecule has 4 nitrogen and oxygen atoms in total. The molecular weight excluding hydrogens is 459 g/mol. The van der Waals surface area contributed by atoms with Crippen molar-refractivity contribution in [2.24, 2.45) is 0 Å². The maximum absolute atomic E-state index is 4.63. The van der Waals surface area contributed by atoms with Crippen molar-refractivity contribution in [3.05, 3.63) is 71.3 Å². The van der Waals surface area contributed by atoms with E-state index in [0.717, 1.165) is 44.8 Å². The summed E-state index contributed by atoms with van der Waals surface area (Å²) in [5, 5.41) is 0. The van der Waals surface area contributed by atoms with Crippen LogP contribution >= 0.6 is 0 Å². The SMILES string of the molecule is C1=Cc2cc3ccc(cc4nc(cc5ccc(cc1n2)[nH]5)C=C4)[nH]3.[Fe].[Pd]. The molecule has 0 saturated carbocycles. The number of H-pyrrole nitrogens is 2. The number of aromatic nitrogens is 4. The third-order valence-corrected chi connectivity index (χ3v) is 4.04. The molecule has 0 fully saturated rings. The van der Waals surface area contributed by atoms with Crippen LogP contribution in [0.5, 0.6) is 0 Å². The van der Waals surface area contributed by atoms with Crippen molar-refractivity contribution in [2.45, 2.75) is 0 Å². The topological polar surface area (TPSA) is 57.4 Å². The van der Waals surface area contributed by atoms with Gasteiger partial charge in [-0.3, -0.25) is 0 Å². The molecule has 3 aromatic rings. The van der Waals surface area contributed by atoms with Crippen LogP contribution in [0.4, 0.5) is 0 Å². The Kier molecular flexibility index (Phi) is 5.41. The van der Waals surface area contributed by atoms with E-state index in [0.29, 0.717) is 0 Å². The van der Waals surface area contributed by atoms with E-state index < -0.39 is 0 Å². The maximum Gasteiger partial charge on any atom is 0.0658 e. The van der Waals surface area contributed by atoms with Crippen LogP contribution in [0.3, 0.4) is 0 Å². The quantitative estimate of drug-likeness (QED) is 0.322. The summed E-state index contributed by atoms with van der Waals surface area (Å²) in [6, 6.07) is 16.4. The molecule has 8 bridgehead atoms. The molecule has 0 unspecified atom stereocenters. The Labute approximate surface area is 174 Å². The van der Waals surface area contributed by atoms with Crippen LogP contribution in [0.25, 0.3) is 46.4 Å². The van der Waals surface area contributed by atoms with Crippen LogP contribution in [-0.2, 0) is 37.5 Å². The molecule has 0 spiro atoms. The number of fused-ring (bicyclic) bond motifs is 8. The van der Waals surface area contributed by atoms with E-state index in [1.165, 1.54) is 0 Å². The van der Waals surface area contributed by atoms with Crippen molar-refractivity contribution >= 4 is 46.4 Å². The molecule has 5 heterocycles. The van der Waals surface area contributed by atoms with Gasteiger partial charge in [-0.1, -0.05) is 0 Å². The molecule has 5 rings (SSSR count). The molecule has 6 heteroatoms. The summed E-state index contributed by atoms with van der Waals surface area (Å²) in [7, 11) is 0. The van der Waals surface area contributed by atoms with E-state index in [4.69, 9.17) is 0 Å². The molecule has 26 heavy (non-hydrogen) atoms. The minimum Gasteiger partial charge on any atom is -0.355 e. The summed E-state index contributed by atoms with van der Waals surface area (Å²) in [6.45, 7) is 0. The monoisotopic (exact) mass is 472 g/mol. The second-order valence-electron chi connectivity index (χ2n) is 5.91. The zero-order valence-corrected chi connectivity index (χ0v) is 16.2. The zero-order chi connectivity index (χ0) is 15.9. The van der Waals surface area contributed by atoms with Gasteiger partial charge >= 0.3 is 0 Å². The molecule has 132 valence electrons. The first-order chi connectivity index (χ1) is 11.8. The molecule has 0 aromatic carbocycles. The van der Waals surface area contributed by atoms with E-state index >= 15 is 0 Å². The van der Waals surface area contributed by atoms with Gasteiger partial charge in [-0.15, -0.1) is 0 Å². The summed E-state index contributed by atoms with van der Waals surface area (Å²) in [6.07, 6.45) is 8.09. The minimum absolute atomic E-state index is 0. The summed E-state index contributed by atoms with van der Waals surface area (Å²) in [5.74, 6) is 0. The first-order valence-electron chi connectivity index (χ1n) is 7.85. The standard InChI is InChI=1S/C20H14N4.Fe.Pd/c1-2-14-10-16-5-6-18(23-16)12-20-8-7-19(24-20)11-17-4-3-15(22-17)9-13(1)21-14;;/h1-12,21,24H;;. The van der Waals surface area contributed by atoms with Crippen LogP contribution in [-0.4, -0.2) is 19.9 Å². The van der Waals surface area contributed by atoms with Crippen molar-refractivity contribution in [1.29, 1.82) is 0 Å². The molecule has 0 atom stereocenters. The molecular formula is C20H14FeN4Pd. The summed E-state index contributed by atoms with van der Waals surface area (Å²) >= 11 is 0. The molecule has 0 radical (unpaired) electrons. The maximum atomic E-state index is 4.63. The van der Waals surface area contributed by atoms with Crippen LogP contribution in [0, 0.1) is 0 Å². The fourth-order valence-corrected chi connectivity index (χ4v) is 2.94. The Morgan fingerprint density at radius 1 is 0.500 bits per heavy atom. The average Bonchev–Trinajstić information content (AvgIpc) is 3.32. The Morgan fingerprint density at radius 3 is 1.04 bits per heavy atom. The van der Waals surface area contributed by atoms with E-state index in [-0.39, 0.29) is 37.5 Å². The van der Waals surface area contributed by atoms with Crippen LogP contribution < -0.4 is 0 Å². The largest absolute Gasteiger partial charge is 0.355 e. The van der Waals surface area contributed by atoms with Gasteiger partial charge in [0.1, 0.15) is 0 Å². The number of hydrogen-bond donors (Lipinski definition) is 2. The molecule has 2 aliphatic heterocycles. The van der Waals surface area contributed by atoms with Crippen LogP contribution in [0.1, 0.15) is 22.8 Å². The van der Waals surface area contributed by atoms with Gasteiger partial charge in [0.15, 0.2) is 0 Å². The Bertz CT molecular complexity index is 996. The van der Waals surface area contributed by atoms with E-state index in [9.17, 15) is 0 Å². The van der Waals surface area contributed by atoms with Crippen molar-refractivity contribution in [2.75, 3.05) is 0 Å². The van der Waals surface area contributed by atoms with E-state index in [1.54, 1.807) is 0 Å². The number of nitrogens with one attached hydrogen (secondary N) is 2. The van der Waals surface area contributed by atoms with Gasteiger partial charge in [-0.2, -0.15) is 0 Å². The Morgan fingerprint density at radius 2 is 0.769 bits per heavy atom. The fraction of sp³-hybridized carbons (Fsp3) is 0. The minimum atomic E-state index is 0. The van der Waals surface area contributed by atoms with Crippen molar-refractivity contribution in [1.82, 2.24) is 19.9 Å². The smallest absolute Gasteiger partial charge is 0.0658 e. The predicted molar refractivity (Wildman–Crippen MR) is 98.9 cm³/mol. The van der Waals surface area contributed by atoms with E-state index in [1.807, 2.05) is 48.6 Å².